The average Bonchev–Trinajstić information content (AvgIpc) is 3.47. The van der Waals surface area contributed by atoms with Crippen LogP contribution in [0.15, 0.2) is 47.6 Å². The van der Waals surface area contributed by atoms with Crippen LogP contribution in [0.2, 0.25) is 10.0 Å². The molecule has 2 aromatic carbocycles. The van der Waals surface area contributed by atoms with Crippen LogP contribution in [0.1, 0.15) is 33.5 Å². The number of alkyl halides is 1. The maximum Gasteiger partial charge on any atom is 0.147 e. The summed E-state index contributed by atoms with van der Waals surface area (Å²) in [7, 11) is 0. The van der Waals surface area contributed by atoms with E-state index in [4.69, 9.17) is 28.3 Å². The van der Waals surface area contributed by atoms with E-state index in [0.717, 1.165) is 52.4 Å². The molecule has 0 atom stereocenters. The van der Waals surface area contributed by atoms with Crippen LogP contribution in [0.5, 0.6) is 0 Å². The Hall–Kier alpha value is -2.42. The number of hydrogen-bond acceptors (Lipinski definition) is 4. The van der Waals surface area contributed by atoms with Crippen molar-refractivity contribution in [3.05, 3.63) is 86.2 Å². The van der Waals surface area contributed by atoms with Crippen molar-refractivity contribution >= 4 is 63.5 Å². The first kappa shape index (κ1) is 23.9. The lowest BCUT2D eigenvalue weighted by atomic mass is 9.96. The largest absolute Gasteiger partial charge is 0.351 e. The minimum atomic E-state index is 0.539. The van der Waals surface area contributed by atoms with E-state index in [2.05, 4.69) is 86.3 Å². The molecule has 4 heterocycles. The quantitative estimate of drug-likeness (QED) is 0.173. The monoisotopic (exact) mass is 627 g/mol. The number of aryl methyl sites for hydroxylation is 2. The van der Waals surface area contributed by atoms with Gasteiger partial charge in [0.15, 0.2) is 0 Å². The van der Waals surface area contributed by atoms with Gasteiger partial charge in [-0.2, -0.15) is 5.10 Å². The number of rotatable bonds is 4. The number of aromatic nitrogens is 3. The van der Waals surface area contributed by atoms with Gasteiger partial charge in [-0.3, -0.25) is 4.99 Å². The summed E-state index contributed by atoms with van der Waals surface area (Å²) in [5.74, 6) is 0.757. The van der Waals surface area contributed by atoms with Crippen LogP contribution in [-0.4, -0.2) is 27.5 Å². The first-order valence-corrected chi connectivity index (χ1v) is 14.2. The van der Waals surface area contributed by atoms with Crippen LogP contribution in [0.3, 0.4) is 0 Å². The molecule has 0 aliphatic carbocycles. The molecule has 0 saturated carbocycles. The van der Waals surface area contributed by atoms with Crippen molar-refractivity contribution < 1.29 is 0 Å². The lowest BCUT2D eigenvalue weighted by Gasteiger charge is -2.28. The maximum atomic E-state index is 6.57. The molecule has 8 heteroatoms. The first-order valence-electron chi connectivity index (χ1n) is 11.9. The predicted molar refractivity (Wildman–Crippen MR) is 157 cm³/mol. The van der Waals surface area contributed by atoms with E-state index in [1.54, 1.807) is 12.3 Å². The van der Waals surface area contributed by atoms with Crippen molar-refractivity contribution in [2.45, 2.75) is 37.7 Å². The molecule has 0 saturated heterocycles. The Morgan fingerprint density at radius 3 is 2.64 bits per heavy atom. The standard InChI is InChI=1S/C28H24Cl2IN5/c1-16-4-3-5-17(2)26(16)36-27(19-10-18-6-8-32-25(18)20(11-19)13-31)22-15-35(9-7-24(22)34-36)28-23(30)12-21(29)14-33-28/h3-5,8,10-12,14H,6-7,9,13,15H2,1-2H3. The Kier molecular flexibility index (Phi) is 6.30. The number of pyridine rings is 1. The van der Waals surface area contributed by atoms with Crippen molar-refractivity contribution in [1.29, 1.82) is 0 Å². The normalized spacial score (nSPS) is 14.3. The molecule has 0 fully saturated rings. The first-order chi connectivity index (χ1) is 17.4. The molecule has 2 aliphatic heterocycles. The van der Waals surface area contributed by atoms with Crippen molar-refractivity contribution in [2.75, 3.05) is 11.4 Å². The Balaban J connectivity index is 1.56. The van der Waals surface area contributed by atoms with E-state index in [-0.39, 0.29) is 0 Å². The molecular weight excluding hydrogens is 604 g/mol. The van der Waals surface area contributed by atoms with Gasteiger partial charge in [0, 0.05) is 53.9 Å². The third-order valence-corrected chi connectivity index (χ3v) is 8.30. The highest BCUT2D eigenvalue weighted by Crippen LogP contribution is 2.41. The van der Waals surface area contributed by atoms with E-state index in [1.807, 2.05) is 6.21 Å². The Morgan fingerprint density at radius 2 is 1.89 bits per heavy atom. The van der Waals surface area contributed by atoms with Gasteiger partial charge in [0.1, 0.15) is 5.82 Å². The van der Waals surface area contributed by atoms with Gasteiger partial charge in [0.2, 0.25) is 0 Å². The fourth-order valence-electron chi connectivity index (χ4n) is 5.35. The summed E-state index contributed by atoms with van der Waals surface area (Å²) in [5, 5.41) is 6.32. The minimum Gasteiger partial charge on any atom is -0.351 e. The number of nitrogens with zero attached hydrogens (tertiary/aromatic N) is 5. The molecule has 0 bridgehead atoms. The smallest absolute Gasteiger partial charge is 0.147 e. The van der Waals surface area contributed by atoms with Crippen molar-refractivity contribution in [3.8, 4) is 16.9 Å². The number of fused-ring (bicyclic) bond motifs is 2. The number of benzene rings is 2. The van der Waals surface area contributed by atoms with E-state index < -0.39 is 0 Å². The molecule has 0 unspecified atom stereocenters. The third-order valence-electron chi connectivity index (χ3n) is 6.99. The van der Waals surface area contributed by atoms with Crippen LogP contribution in [-0.2, 0) is 23.8 Å². The van der Waals surface area contributed by atoms with Crippen LogP contribution in [0.25, 0.3) is 16.9 Å². The van der Waals surface area contributed by atoms with Gasteiger partial charge in [-0.15, -0.1) is 0 Å². The van der Waals surface area contributed by atoms with Gasteiger partial charge in [-0.25, -0.2) is 9.67 Å². The van der Waals surface area contributed by atoms with Gasteiger partial charge in [-0.05, 0) is 54.3 Å². The van der Waals surface area contributed by atoms with Crippen LogP contribution >= 0.6 is 45.8 Å². The summed E-state index contributed by atoms with van der Waals surface area (Å²) >= 11 is 15.1. The maximum absolute atomic E-state index is 6.57. The summed E-state index contributed by atoms with van der Waals surface area (Å²) in [5.41, 5.74) is 11.9. The second kappa shape index (κ2) is 9.47. The Labute approximate surface area is 234 Å². The van der Waals surface area contributed by atoms with Crippen molar-refractivity contribution in [3.63, 3.8) is 0 Å². The fraction of sp³-hybridized carbons (Fsp3) is 0.250. The van der Waals surface area contributed by atoms with E-state index in [1.165, 1.54) is 33.4 Å². The lowest BCUT2D eigenvalue weighted by Crippen LogP contribution is -2.31. The molecule has 5 nitrogen and oxygen atoms in total. The average molecular weight is 628 g/mol. The Morgan fingerprint density at radius 1 is 1.08 bits per heavy atom. The fourth-order valence-corrected chi connectivity index (χ4v) is 6.43. The lowest BCUT2D eigenvalue weighted by molar-refractivity contribution is 0.706. The summed E-state index contributed by atoms with van der Waals surface area (Å²) in [6.45, 7) is 5.78. The molecule has 0 spiro atoms. The van der Waals surface area contributed by atoms with Crippen LogP contribution in [0, 0.1) is 13.8 Å². The van der Waals surface area contributed by atoms with Gasteiger partial charge in [-0.1, -0.05) is 64.0 Å². The zero-order chi connectivity index (χ0) is 25.0. The van der Waals surface area contributed by atoms with Gasteiger partial charge < -0.3 is 4.90 Å². The number of para-hydroxylation sites is 1. The molecule has 0 amide bonds. The number of hydrogen-bond donors (Lipinski definition) is 0. The zero-order valence-corrected chi connectivity index (χ0v) is 23.7. The highest BCUT2D eigenvalue weighted by molar-refractivity contribution is 14.1. The van der Waals surface area contributed by atoms with E-state index >= 15 is 0 Å². The predicted octanol–water partition coefficient (Wildman–Crippen LogP) is 7.61. The zero-order valence-electron chi connectivity index (χ0n) is 20.0. The molecular formula is C28H24Cl2IN5. The minimum absolute atomic E-state index is 0.539. The number of aliphatic imine (C=N–C) groups is 1. The van der Waals surface area contributed by atoms with E-state index in [9.17, 15) is 0 Å². The molecule has 2 aliphatic rings. The molecule has 6 rings (SSSR count). The molecule has 2 aromatic heterocycles. The van der Waals surface area contributed by atoms with Gasteiger partial charge in [0.25, 0.3) is 0 Å². The third kappa shape index (κ3) is 4.03. The summed E-state index contributed by atoms with van der Waals surface area (Å²) < 4.78 is 3.08. The highest BCUT2D eigenvalue weighted by atomic mass is 127. The molecule has 182 valence electrons. The molecule has 0 N–H and O–H groups in total. The summed E-state index contributed by atoms with van der Waals surface area (Å²) in [4.78, 5) is 11.5. The van der Waals surface area contributed by atoms with Crippen molar-refractivity contribution in [2.24, 2.45) is 4.99 Å². The van der Waals surface area contributed by atoms with E-state index in [0.29, 0.717) is 16.6 Å². The second-order valence-corrected chi connectivity index (χ2v) is 11.0. The summed E-state index contributed by atoms with van der Waals surface area (Å²) in [6, 6.07) is 12.8. The van der Waals surface area contributed by atoms with Crippen LogP contribution < -0.4 is 4.90 Å². The second-order valence-electron chi connectivity index (χ2n) is 9.35. The molecule has 4 aromatic rings. The van der Waals surface area contributed by atoms with Crippen LogP contribution in [0.4, 0.5) is 11.5 Å². The SMILES string of the molecule is Cc1cccc(C)c1-n1nc2c(c1-c1cc(CI)c3c(c1)CC=N3)CN(c1ncc(Cl)cc1Cl)CC2. The summed E-state index contributed by atoms with van der Waals surface area (Å²) in [6.07, 6.45) is 5.35. The van der Waals surface area contributed by atoms with Gasteiger partial charge >= 0.3 is 0 Å². The number of anilines is 1. The molecule has 0 radical (unpaired) electrons. The Bertz CT molecular complexity index is 1520. The van der Waals surface area contributed by atoms with Crippen molar-refractivity contribution in [1.82, 2.24) is 14.8 Å². The topological polar surface area (TPSA) is 46.3 Å². The number of halogens is 3. The van der Waals surface area contributed by atoms with Gasteiger partial charge in [0.05, 0.1) is 32.8 Å². The highest BCUT2D eigenvalue weighted by Gasteiger charge is 2.29. The molecule has 36 heavy (non-hydrogen) atoms.